The molecule has 1 N–H and O–H groups in total. The molecule has 4 aliphatic rings. The second-order valence-electron chi connectivity index (χ2n) is 12.7. The molecule has 1 aromatic heterocycles. The Hall–Kier alpha value is -3.20. The number of hydrogen-bond acceptors (Lipinski definition) is 7. The molecule has 0 spiro atoms. The van der Waals surface area contributed by atoms with Gasteiger partial charge in [0, 0.05) is 85.9 Å². The average molecular weight is 571 g/mol. The summed E-state index contributed by atoms with van der Waals surface area (Å²) in [6.07, 6.45) is 5.90. The third-order valence-electron chi connectivity index (χ3n) is 9.80. The van der Waals surface area contributed by atoms with Gasteiger partial charge in [-0.3, -0.25) is 14.7 Å². The van der Waals surface area contributed by atoms with Gasteiger partial charge in [-0.05, 0) is 42.2 Å². The van der Waals surface area contributed by atoms with Crippen molar-refractivity contribution in [1.29, 1.82) is 0 Å². The Kier molecular flexibility index (Phi) is 7.32. The van der Waals surface area contributed by atoms with Crippen LogP contribution in [0.25, 0.3) is 10.9 Å². The number of carbonyl (C=O) groups is 1. The van der Waals surface area contributed by atoms with E-state index < -0.39 is 0 Å². The first kappa shape index (κ1) is 27.6. The van der Waals surface area contributed by atoms with Gasteiger partial charge < -0.3 is 24.1 Å². The number of carbonyl (C=O) groups excluding carboxylic acids is 1. The molecule has 7 rings (SSSR count). The van der Waals surface area contributed by atoms with Crippen LogP contribution in [0.5, 0.6) is 5.75 Å². The van der Waals surface area contributed by atoms with Crippen LogP contribution in [-0.2, 0) is 14.9 Å². The molecular formula is C34H42N4O4. The standard InChI is InChI=1S/C34H42N4O4/c1-34(2)27-20-29(38-10-6-23(7-11-38)37-12-16-41-17-13-37)30(42-24-8-14-40-15-9-24)19-26(27)32(39)31-25-5-4-22(21-35-3)18-28(25)36-33(31)34/h4-5,18-21,23-24,36H,6-17H2,1-3H3. The highest BCUT2D eigenvalue weighted by molar-refractivity contribution is 6.20. The lowest BCUT2D eigenvalue weighted by Gasteiger charge is -2.42. The van der Waals surface area contributed by atoms with Crippen molar-refractivity contribution in [1.82, 2.24) is 9.88 Å². The lowest BCUT2D eigenvalue weighted by atomic mass is 9.71. The maximum Gasteiger partial charge on any atom is 0.195 e. The van der Waals surface area contributed by atoms with Crippen LogP contribution in [0.4, 0.5) is 5.69 Å². The van der Waals surface area contributed by atoms with Gasteiger partial charge in [-0.2, -0.15) is 0 Å². The Morgan fingerprint density at radius 3 is 2.45 bits per heavy atom. The van der Waals surface area contributed by atoms with Gasteiger partial charge in [0.05, 0.1) is 37.7 Å². The third kappa shape index (κ3) is 4.83. The number of aliphatic imine (C=N–C) groups is 1. The number of ketones is 1. The van der Waals surface area contributed by atoms with Crippen LogP contribution in [0.1, 0.15) is 72.3 Å². The van der Waals surface area contributed by atoms with Crippen molar-refractivity contribution in [2.45, 2.75) is 57.1 Å². The van der Waals surface area contributed by atoms with Crippen LogP contribution < -0.4 is 9.64 Å². The molecule has 8 heteroatoms. The summed E-state index contributed by atoms with van der Waals surface area (Å²) in [6, 6.07) is 11.1. The zero-order valence-corrected chi connectivity index (χ0v) is 25.1. The summed E-state index contributed by atoms with van der Waals surface area (Å²) in [5.41, 5.74) is 6.29. The molecule has 3 aromatic rings. The summed E-state index contributed by atoms with van der Waals surface area (Å²) in [6.45, 7) is 11.5. The monoisotopic (exact) mass is 570 g/mol. The van der Waals surface area contributed by atoms with E-state index in [1.807, 2.05) is 18.3 Å². The molecular weight excluding hydrogens is 528 g/mol. The minimum atomic E-state index is -0.380. The maximum absolute atomic E-state index is 14.3. The first-order chi connectivity index (χ1) is 20.4. The molecule has 42 heavy (non-hydrogen) atoms. The Bertz CT molecular complexity index is 1510. The second-order valence-corrected chi connectivity index (χ2v) is 12.7. The number of fused-ring (bicyclic) bond motifs is 4. The number of nitrogens with one attached hydrogen (secondary N) is 1. The molecule has 0 atom stereocenters. The van der Waals surface area contributed by atoms with Crippen molar-refractivity contribution in [2.24, 2.45) is 4.99 Å². The average Bonchev–Trinajstić information content (AvgIpc) is 3.41. The fraction of sp³-hybridized carbons (Fsp3) is 0.529. The number of hydrogen-bond donors (Lipinski definition) is 1. The largest absolute Gasteiger partial charge is 0.488 e. The molecule has 3 saturated heterocycles. The van der Waals surface area contributed by atoms with E-state index in [2.05, 4.69) is 51.8 Å². The molecule has 8 nitrogen and oxygen atoms in total. The van der Waals surface area contributed by atoms with Crippen molar-refractivity contribution in [3.8, 4) is 5.75 Å². The summed E-state index contributed by atoms with van der Waals surface area (Å²) in [7, 11) is 1.77. The minimum Gasteiger partial charge on any atom is -0.488 e. The molecule has 222 valence electrons. The van der Waals surface area contributed by atoms with Crippen LogP contribution in [0.3, 0.4) is 0 Å². The number of rotatable bonds is 5. The zero-order chi connectivity index (χ0) is 28.8. The Morgan fingerprint density at radius 2 is 1.71 bits per heavy atom. The smallest absolute Gasteiger partial charge is 0.195 e. The molecule has 4 heterocycles. The van der Waals surface area contributed by atoms with E-state index in [1.54, 1.807) is 7.05 Å². The molecule has 0 amide bonds. The van der Waals surface area contributed by atoms with Crippen LogP contribution in [-0.4, -0.2) is 93.7 Å². The lowest BCUT2D eigenvalue weighted by Crippen LogP contribution is -2.49. The topological polar surface area (TPSA) is 79.4 Å². The number of ether oxygens (including phenoxy) is 3. The lowest BCUT2D eigenvalue weighted by molar-refractivity contribution is 0.0114. The van der Waals surface area contributed by atoms with Gasteiger partial charge in [0.25, 0.3) is 0 Å². The number of aromatic amines is 1. The summed E-state index contributed by atoms with van der Waals surface area (Å²) < 4.78 is 18.0. The van der Waals surface area contributed by atoms with Gasteiger partial charge in [0.2, 0.25) is 0 Å². The number of nitrogens with zero attached hydrogens (tertiary/aromatic N) is 3. The van der Waals surface area contributed by atoms with Gasteiger partial charge in [0.15, 0.2) is 5.78 Å². The molecule has 1 aliphatic carbocycles. The number of aromatic nitrogens is 1. The van der Waals surface area contributed by atoms with E-state index in [-0.39, 0.29) is 17.3 Å². The first-order valence-electron chi connectivity index (χ1n) is 15.6. The fourth-order valence-electron chi connectivity index (χ4n) is 7.42. The molecule has 2 aromatic carbocycles. The quantitative estimate of drug-likeness (QED) is 0.438. The minimum absolute atomic E-state index is 0.0666. The SMILES string of the molecule is CN=Cc1ccc2c3c([nH]c2c1)C(C)(C)c1cc(N2CCC(N4CCOCC4)CC2)c(OC2CCOCC2)cc1C3=O. The summed E-state index contributed by atoms with van der Waals surface area (Å²) in [4.78, 5) is 27.2. The number of anilines is 1. The molecule has 3 aliphatic heterocycles. The third-order valence-corrected chi connectivity index (χ3v) is 9.80. The van der Waals surface area contributed by atoms with Crippen molar-refractivity contribution in [2.75, 3.05) is 64.6 Å². The highest BCUT2D eigenvalue weighted by Crippen LogP contribution is 2.47. The van der Waals surface area contributed by atoms with E-state index in [0.717, 1.165) is 115 Å². The van der Waals surface area contributed by atoms with Gasteiger partial charge in [-0.25, -0.2) is 0 Å². The first-order valence-corrected chi connectivity index (χ1v) is 15.6. The number of benzene rings is 2. The normalized spacial score (nSPS) is 22.1. The van der Waals surface area contributed by atoms with E-state index >= 15 is 0 Å². The maximum atomic E-state index is 14.3. The number of piperidine rings is 1. The fourth-order valence-corrected chi connectivity index (χ4v) is 7.42. The Morgan fingerprint density at radius 1 is 0.976 bits per heavy atom. The molecule has 0 saturated carbocycles. The number of morpholine rings is 1. The van der Waals surface area contributed by atoms with E-state index in [4.69, 9.17) is 14.2 Å². The predicted molar refractivity (Wildman–Crippen MR) is 166 cm³/mol. The zero-order valence-electron chi connectivity index (χ0n) is 25.1. The van der Waals surface area contributed by atoms with Gasteiger partial charge in [0.1, 0.15) is 11.9 Å². The van der Waals surface area contributed by atoms with Crippen LogP contribution in [0.15, 0.2) is 35.3 Å². The molecule has 0 radical (unpaired) electrons. The van der Waals surface area contributed by atoms with Crippen molar-refractivity contribution >= 4 is 28.6 Å². The van der Waals surface area contributed by atoms with E-state index in [1.165, 1.54) is 0 Å². The molecule has 0 unspecified atom stereocenters. The van der Waals surface area contributed by atoms with Gasteiger partial charge in [-0.1, -0.05) is 26.0 Å². The van der Waals surface area contributed by atoms with Crippen molar-refractivity contribution < 1.29 is 19.0 Å². The van der Waals surface area contributed by atoms with Gasteiger partial charge in [-0.15, -0.1) is 0 Å². The molecule has 3 fully saturated rings. The molecule has 0 bridgehead atoms. The predicted octanol–water partition coefficient (Wildman–Crippen LogP) is 4.95. The summed E-state index contributed by atoms with van der Waals surface area (Å²) >= 11 is 0. The van der Waals surface area contributed by atoms with E-state index in [9.17, 15) is 4.79 Å². The Balaban J connectivity index is 1.27. The van der Waals surface area contributed by atoms with Crippen LogP contribution in [0.2, 0.25) is 0 Å². The number of H-pyrrole nitrogens is 1. The summed E-state index contributed by atoms with van der Waals surface area (Å²) in [5, 5.41) is 0.961. The van der Waals surface area contributed by atoms with Crippen LogP contribution >= 0.6 is 0 Å². The van der Waals surface area contributed by atoms with Gasteiger partial charge >= 0.3 is 0 Å². The highest BCUT2D eigenvalue weighted by Gasteiger charge is 2.41. The van der Waals surface area contributed by atoms with Crippen molar-refractivity contribution in [3.05, 3.63) is 58.3 Å². The van der Waals surface area contributed by atoms with E-state index in [0.29, 0.717) is 19.3 Å². The highest BCUT2D eigenvalue weighted by atomic mass is 16.5. The summed E-state index contributed by atoms with van der Waals surface area (Å²) in [5.74, 6) is 0.899. The Labute approximate surface area is 248 Å². The van der Waals surface area contributed by atoms with Crippen molar-refractivity contribution in [3.63, 3.8) is 0 Å². The van der Waals surface area contributed by atoms with Crippen LogP contribution in [0, 0.1) is 0 Å². The second kappa shape index (κ2) is 11.1.